The van der Waals surface area contributed by atoms with Crippen molar-refractivity contribution in [2.75, 3.05) is 5.32 Å². The number of nitrogens with zero attached hydrogens (tertiary/aromatic N) is 2. The first-order chi connectivity index (χ1) is 11.5. The average molecular weight is 342 g/mol. The van der Waals surface area contributed by atoms with Crippen molar-refractivity contribution in [3.63, 3.8) is 0 Å². The van der Waals surface area contributed by atoms with Gasteiger partial charge in [0.05, 0.1) is 11.8 Å². The van der Waals surface area contributed by atoms with Crippen LogP contribution in [0.2, 0.25) is 5.02 Å². The normalized spacial score (nSPS) is 10.5. The lowest BCUT2D eigenvalue weighted by atomic mass is 10.1. The van der Waals surface area contributed by atoms with Gasteiger partial charge in [-0.15, -0.1) is 0 Å². The highest BCUT2D eigenvalue weighted by Gasteiger charge is 2.12. The molecule has 3 rings (SSSR count). The van der Waals surface area contributed by atoms with Crippen LogP contribution in [-0.2, 0) is 0 Å². The van der Waals surface area contributed by atoms with E-state index in [0.29, 0.717) is 10.8 Å². The lowest BCUT2D eigenvalue weighted by molar-refractivity contribution is 0.102. The number of pyridine rings is 2. The average Bonchev–Trinajstić information content (AvgIpc) is 2.58. The predicted molar refractivity (Wildman–Crippen MR) is 91.6 cm³/mol. The van der Waals surface area contributed by atoms with E-state index in [1.807, 2.05) is 25.1 Å². The second kappa shape index (κ2) is 6.76. The molecule has 0 aliphatic rings. The Kier molecular flexibility index (Phi) is 4.53. The Hall–Kier alpha value is -2.79. The molecule has 3 aromatic rings. The molecule has 0 spiro atoms. The van der Waals surface area contributed by atoms with Gasteiger partial charge in [0.2, 0.25) is 0 Å². The standard InChI is InChI=1S/C18H13ClFN3O/c1-11-2-4-15(19)14(8-11)12-3-5-17(22-9-12)23-18(24)13-6-7-21-10-16(13)20/h2-10H,1H3,(H,22,23,24). The predicted octanol–water partition coefficient (Wildman–Crippen LogP) is 4.50. The maximum Gasteiger partial charge on any atom is 0.259 e. The second-order valence-corrected chi connectivity index (χ2v) is 5.63. The Balaban J connectivity index is 1.81. The maximum absolute atomic E-state index is 13.6. The Labute approximate surface area is 143 Å². The molecule has 0 aliphatic carbocycles. The van der Waals surface area contributed by atoms with E-state index in [4.69, 9.17) is 11.6 Å². The number of carbonyl (C=O) groups is 1. The lowest BCUT2D eigenvalue weighted by Crippen LogP contribution is -2.14. The quantitative estimate of drug-likeness (QED) is 0.763. The van der Waals surface area contributed by atoms with Gasteiger partial charge in [-0.25, -0.2) is 9.37 Å². The summed E-state index contributed by atoms with van der Waals surface area (Å²) < 4.78 is 13.6. The number of halogens is 2. The topological polar surface area (TPSA) is 54.9 Å². The van der Waals surface area contributed by atoms with E-state index in [1.165, 1.54) is 12.3 Å². The third-order valence-electron chi connectivity index (χ3n) is 3.46. The Bertz CT molecular complexity index is 897. The molecule has 1 N–H and O–H groups in total. The minimum Gasteiger partial charge on any atom is -0.306 e. The fourth-order valence-electron chi connectivity index (χ4n) is 2.23. The largest absolute Gasteiger partial charge is 0.306 e. The van der Waals surface area contributed by atoms with Crippen molar-refractivity contribution in [1.82, 2.24) is 9.97 Å². The van der Waals surface area contributed by atoms with Crippen molar-refractivity contribution in [2.45, 2.75) is 6.92 Å². The molecule has 0 aliphatic heterocycles. The van der Waals surface area contributed by atoms with Crippen molar-refractivity contribution in [2.24, 2.45) is 0 Å². The lowest BCUT2D eigenvalue weighted by Gasteiger charge is -2.08. The van der Waals surface area contributed by atoms with Gasteiger partial charge in [0.1, 0.15) is 5.82 Å². The van der Waals surface area contributed by atoms with Crippen LogP contribution in [0.1, 0.15) is 15.9 Å². The summed E-state index contributed by atoms with van der Waals surface area (Å²) in [6.07, 6.45) is 3.96. The Morgan fingerprint density at radius 3 is 2.71 bits per heavy atom. The molecule has 4 nitrogen and oxygen atoms in total. The van der Waals surface area contributed by atoms with Crippen molar-refractivity contribution in [3.05, 3.63) is 77.0 Å². The summed E-state index contributed by atoms with van der Waals surface area (Å²) in [5.74, 6) is -0.939. The summed E-state index contributed by atoms with van der Waals surface area (Å²) in [5, 5.41) is 3.18. The summed E-state index contributed by atoms with van der Waals surface area (Å²) >= 11 is 6.21. The molecule has 0 saturated heterocycles. The number of amides is 1. The Morgan fingerprint density at radius 1 is 1.17 bits per heavy atom. The van der Waals surface area contributed by atoms with Gasteiger partial charge in [-0.05, 0) is 37.3 Å². The van der Waals surface area contributed by atoms with E-state index in [2.05, 4.69) is 15.3 Å². The van der Waals surface area contributed by atoms with Gasteiger partial charge in [-0.1, -0.05) is 23.2 Å². The minimum absolute atomic E-state index is 0.0856. The van der Waals surface area contributed by atoms with E-state index in [1.54, 1.807) is 18.3 Å². The molecule has 2 aromatic heterocycles. The molecule has 1 aromatic carbocycles. The fourth-order valence-corrected chi connectivity index (χ4v) is 2.46. The monoisotopic (exact) mass is 341 g/mol. The van der Waals surface area contributed by atoms with Crippen LogP contribution in [0.15, 0.2) is 55.0 Å². The SMILES string of the molecule is Cc1ccc(Cl)c(-c2ccc(NC(=O)c3ccncc3F)nc2)c1. The number of rotatable bonds is 3. The van der Waals surface area contributed by atoms with Gasteiger partial charge in [0.15, 0.2) is 5.82 Å². The molecule has 0 bridgehead atoms. The van der Waals surface area contributed by atoms with Crippen molar-refractivity contribution in [1.29, 1.82) is 0 Å². The van der Waals surface area contributed by atoms with Crippen LogP contribution in [0.3, 0.4) is 0 Å². The molecule has 120 valence electrons. The minimum atomic E-state index is -0.682. The van der Waals surface area contributed by atoms with E-state index in [-0.39, 0.29) is 5.56 Å². The molecule has 0 radical (unpaired) electrons. The van der Waals surface area contributed by atoms with Gasteiger partial charge in [-0.2, -0.15) is 0 Å². The summed E-state index contributed by atoms with van der Waals surface area (Å²) in [4.78, 5) is 19.9. The molecule has 0 unspecified atom stereocenters. The van der Waals surface area contributed by atoms with Crippen LogP contribution < -0.4 is 5.32 Å². The van der Waals surface area contributed by atoms with Gasteiger partial charge < -0.3 is 5.32 Å². The number of hydrogen-bond donors (Lipinski definition) is 1. The number of anilines is 1. The van der Waals surface area contributed by atoms with E-state index >= 15 is 0 Å². The zero-order valence-electron chi connectivity index (χ0n) is 12.8. The number of aryl methyl sites for hydroxylation is 1. The molecular weight excluding hydrogens is 329 g/mol. The number of benzene rings is 1. The van der Waals surface area contributed by atoms with Crippen molar-refractivity contribution < 1.29 is 9.18 Å². The van der Waals surface area contributed by atoms with Gasteiger partial charge in [0, 0.05) is 28.5 Å². The number of nitrogens with one attached hydrogen (secondary N) is 1. The number of aromatic nitrogens is 2. The van der Waals surface area contributed by atoms with Gasteiger partial charge in [-0.3, -0.25) is 9.78 Å². The molecular formula is C18H13ClFN3O. The highest BCUT2D eigenvalue weighted by Crippen LogP contribution is 2.28. The van der Waals surface area contributed by atoms with Crippen LogP contribution in [0.25, 0.3) is 11.1 Å². The molecule has 1 amide bonds. The molecule has 0 saturated carbocycles. The molecule has 2 heterocycles. The van der Waals surface area contributed by atoms with Gasteiger partial charge in [0.25, 0.3) is 5.91 Å². The summed E-state index contributed by atoms with van der Waals surface area (Å²) in [6.45, 7) is 1.98. The third-order valence-corrected chi connectivity index (χ3v) is 3.78. The summed E-state index contributed by atoms with van der Waals surface area (Å²) in [6, 6.07) is 10.5. The van der Waals surface area contributed by atoms with Gasteiger partial charge >= 0.3 is 0 Å². The molecule has 0 atom stereocenters. The first-order valence-electron chi connectivity index (χ1n) is 7.18. The first-order valence-corrected chi connectivity index (χ1v) is 7.56. The van der Waals surface area contributed by atoms with E-state index in [0.717, 1.165) is 22.9 Å². The van der Waals surface area contributed by atoms with Crippen LogP contribution >= 0.6 is 11.6 Å². The number of carbonyl (C=O) groups excluding carboxylic acids is 1. The molecule has 24 heavy (non-hydrogen) atoms. The van der Waals surface area contributed by atoms with Crippen molar-refractivity contribution in [3.8, 4) is 11.1 Å². The zero-order chi connectivity index (χ0) is 17.1. The van der Waals surface area contributed by atoms with Crippen LogP contribution in [0.4, 0.5) is 10.2 Å². The zero-order valence-corrected chi connectivity index (χ0v) is 13.5. The summed E-state index contributed by atoms with van der Waals surface area (Å²) in [7, 11) is 0. The second-order valence-electron chi connectivity index (χ2n) is 5.23. The van der Waals surface area contributed by atoms with E-state index in [9.17, 15) is 9.18 Å². The molecule has 6 heteroatoms. The first kappa shape index (κ1) is 16.1. The molecule has 0 fully saturated rings. The van der Waals surface area contributed by atoms with Crippen LogP contribution in [0, 0.1) is 12.7 Å². The van der Waals surface area contributed by atoms with Crippen molar-refractivity contribution >= 4 is 23.3 Å². The fraction of sp³-hybridized carbons (Fsp3) is 0.0556. The highest BCUT2D eigenvalue weighted by atomic mass is 35.5. The Morgan fingerprint density at radius 2 is 2.00 bits per heavy atom. The van der Waals surface area contributed by atoms with Crippen LogP contribution in [-0.4, -0.2) is 15.9 Å². The van der Waals surface area contributed by atoms with Crippen LogP contribution in [0.5, 0.6) is 0 Å². The third kappa shape index (κ3) is 3.41. The smallest absolute Gasteiger partial charge is 0.259 e. The van der Waals surface area contributed by atoms with E-state index < -0.39 is 11.7 Å². The maximum atomic E-state index is 13.6. The number of hydrogen-bond acceptors (Lipinski definition) is 3. The highest BCUT2D eigenvalue weighted by molar-refractivity contribution is 6.33. The summed E-state index contributed by atoms with van der Waals surface area (Å²) in [5.41, 5.74) is 2.69.